The number of hydrogen-bond donors (Lipinski definition) is 1. The summed E-state index contributed by atoms with van der Waals surface area (Å²) >= 11 is 0. The van der Waals surface area contributed by atoms with Crippen molar-refractivity contribution < 1.29 is 29.0 Å². The van der Waals surface area contributed by atoms with E-state index in [-0.39, 0.29) is 31.1 Å². The minimum Gasteiger partial charge on any atom is -0.465 e. The van der Waals surface area contributed by atoms with Crippen molar-refractivity contribution in [3.05, 3.63) is 25.3 Å². The molecular formula is C26H40N2O6. The molecule has 34 heavy (non-hydrogen) atoms. The van der Waals surface area contributed by atoms with Crippen molar-refractivity contribution in [2.24, 2.45) is 11.8 Å². The molecule has 0 radical (unpaired) electrons. The summed E-state index contributed by atoms with van der Waals surface area (Å²) in [6.07, 6.45) is 7.11. The highest BCUT2D eigenvalue weighted by Crippen LogP contribution is 2.59. The molecule has 1 N–H and O–H groups in total. The Labute approximate surface area is 202 Å². The van der Waals surface area contributed by atoms with E-state index in [0.717, 1.165) is 19.3 Å². The van der Waals surface area contributed by atoms with Crippen LogP contribution in [0.2, 0.25) is 0 Å². The maximum atomic E-state index is 13.9. The topological polar surface area (TPSA) is 96.4 Å². The van der Waals surface area contributed by atoms with Gasteiger partial charge in [-0.3, -0.25) is 14.4 Å². The summed E-state index contributed by atoms with van der Waals surface area (Å²) in [5.74, 6) is -2.46. The van der Waals surface area contributed by atoms with Gasteiger partial charge in [0, 0.05) is 12.6 Å². The first-order chi connectivity index (χ1) is 16.3. The number of carbonyl (C=O) groups excluding carboxylic acids is 3. The number of amides is 2. The predicted molar refractivity (Wildman–Crippen MR) is 128 cm³/mol. The maximum Gasteiger partial charge on any atom is 0.312 e. The number of unbranched alkanes of at least 4 members (excludes halogenated alkanes) is 2. The molecule has 2 amide bonds. The van der Waals surface area contributed by atoms with E-state index >= 15 is 0 Å². The van der Waals surface area contributed by atoms with Crippen molar-refractivity contribution in [1.29, 1.82) is 0 Å². The first kappa shape index (κ1) is 26.4. The number of esters is 1. The van der Waals surface area contributed by atoms with E-state index in [1.165, 1.54) is 4.90 Å². The average molecular weight is 477 g/mol. The fourth-order valence-corrected chi connectivity index (χ4v) is 5.96. The molecule has 3 aliphatic rings. The van der Waals surface area contributed by atoms with Gasteiger partial charge < -0.3 is 24.4 Å². The van der Waals surface area contributed by atoms with Gasteiger partial charge in [-0.15, -0.1) is 13.2 Å². The number of aliphatic hydroxyl groups is 1. The molecule has 3 rings (SSSR count). The Hall–Kier alpha value is -2.19. The quantitative estimate of drug-likeness (QED) is 0.249. The maximum absolute atomic E-state index is 13.9. The summed E-state index contributed by atoms with van der Waals surface area (Å²) in [5.41, 5.74) is -1.08. The fourth-order valence-electron chi connectivity index (χ4n) is 5.96. The Kier molecular flexibility index (Phi) is 8.57. The van der Waals surface area contributed by atoms with E-state index in [1.807, 2.05) is 26.8 Å². The second kappa shape index (κ2) is 11.0. The molecule has 6 atom stereocenters. The van der Waals surface area contributed by atoms with Crippen LogP contribution in [0.5, 0.6) is 0 Å². The summed E-state index contributed by atoms with van der Waals surface area (Å²) in [4.78, 5) is 44.1. The number of ether oxygens (including phenoxy) is 2. The van der Waals surface area contributed by atoms with E-state index in [1.54, 1.807) is 11.0 Å². The molecule has 3 saturated heterocycles. The van der Waals surface area contributed by atoms with Gasteiger partial charge in [0.05, 0.1) is 37.2 Å². The number of carbonyl (C=O) groups is 3. The van der Waals surface area contributed by atoms with Gasteiger partial charge in [-0.1, -0.05) is 19.1 Å². The van der Waals surface area contributed by atoms with Gasteiger partial charge in [0.15, 0.2) is 0 Å². The molecule has 0 aromatic carbocycles. The van der Waals surface area contributed by atoms with Crippen molar-refractivity contribution in [2.45, 2.75) is 89.1 Å². The molecule has 0 aromatic heterocycles. The molecule has 8 nitrogen and oxygen atoms in total. The molecule has 3 aliphatic heterocycles. The standard InChI is InChI=1S/C26H40N2O6/c1-6-9-10-11-15-33-25(32)20-19-12-13-26(34-19)21(20)23(30)28(18(8-3)16-29)22(26)24(31)27(14-7-2)17(4)5/h6-7,17-22,29H,1-2,8-16H2,3-5H3/t18-,19+,20-,21-,22?,26?/m0/s1. The fraction of sp³-hybridized carbons (Fsp3) is 0.731. The monoisotopic (exact) mass is 476 g/mol. The number of hydrogen-bond acceptors (Lipinski definition) is 6. The molecule has 1 spiro atoms. The van der Waals surface area contributed by atoms with Crippen LogP contribution in [-0.2, 0) is 23.9 Å². The van der Waals surface area contributed by atoms with Crippen LogP contribution in [0.3, 0.4) is 0 Å². The van der Waals surface area contributed by atoms with Crippen molar-refractivity contribution in [1.82, 2.24) is 9.80 Å². The van der Waals surface area contributed by atoms with Crippen molar-refractivity contribution in [2.75, 3.05) is 19.8 Å². The molecule has 3 heterocycles. The summed E-state index contributed by atoms with van der Waals surface area (Å²) in [6, 6.07) is -1.53. The zero-order valence-electron chi connectivity index (χ0n) is 20.8. The minimum atomic E-state index is -1.08. The van der Waals surface area contributed by atoms with Gasteiger partial charge in [-0.05, 0) is 52.4 Å². The molecule has 190 valence electrons. The van der Waals surface area contributed by atoms with Crippen LogP contribution < -0.4 is 0 Å². The van der Waals surface area contributed by atoms with Gasteiger partial charge in [0.25, 0.3) is 0 Å². The lowest BCUT2D eigenvalue weighted by atomic mass is 9.70. The van der Waals surface area contributed by atoms with Crippen LogP contribution in [0.4, 0.5) is 0 Å². The Morgan fingerprint density at radius 1 is 1.32 bits per heavy atom. The van der Waals surface area contributed by atoms with Crippen molar-refractivity contribution >= 4 is 17.8 Å². The third kappa shape index (κ3) is 4.42. The Bertz CT molecular complexity index is 794. The number of allylic oxidation sites excluding steroid dienone is 1. The number of likely N-dealkylation sites (tertiary alicyclic amines) is 1. The normalized spacial score (nSPS) is 30.4. The molecule has 0 aliphatic carbocycles. The SMILES string of the molecule is C=CCCCCOC(=O)[C@@H]1[C@H]2C(=O)N([C@@H](CC)CO)C(C(=O)N(CC=C)C(C)C)C23CC[C@H]1O3. The van der Waals surface area contributed by atoms with Gasteiger partial charge in [-0.25, -0.2) is 0 Å². The number of aliphatic hydroxyl groups excluding tert-OH is 1. The highest BCUT2D eigenvalue weighted by molar-refractivity contribution is 5.98. The second-order valence-electron chi connectivity index (χ2n) is 9.87. The van der Waals surface area contributed by atoms with E-state index in [4.69, 9.17) is 9.47 Å². The lowest BCUT2D eigenvalue weighted by molar-refractivity contribution is -0.157. The highest BCUT2D eigenvalue weighted by Gasteiger charge is 2.75. The van der Waals surface area contributed by atoms with Crippen LogP contribution in [0.25, 0.3) is 0 Å². The van der Waals surface area contributed by atoms with Crippen LogP contribution in [0.1, 0.15) is 59.3 Å². The number of fused-ring (bicyclic) bond motifs is 1. The third-order valence-electron chi connectivity index (χ3n) is 7.60. The van der Waals surface area contributed by atoms with Gasteiger partial charge in [0.2, 0.25) is 11.8 Å². The summed E-state index contributed by atoms with van der Waals surface area (Å²) in [6.45, 7) is 13.5. The van der Waals surface area contributed by atoms with Crippen molar-refractivity contribution in [3.63, 3.8) is 0 Å². The smallest absolute Gasteiger partial charge is 0.312 e. The Morgan fingerprint density at radius 3 is 2.65 bits per heavy atom. The predicted octanol–water partition coefficient (Wildman–Crippen LogP) is 2.45. The molecule has 2 unspecified atom stereocenters. The van der Waals surface area contributed by atoms with Gasteiger partial charge >= 0.3 is 5.97 Å². The molecule has 0 aromatic rings. The zero-order chi connectivity index (χ0) is 25.0. The number of rotatable bonds is 13. The highest BCUT2D eigenvalue weighted by atomic mass is 16.6. The first-order valence-electron chi connectivity index (χ1n) is 12.6. The molecule has 3 fully saturated rings. The largest absolute Gasteiger partial charge is 0.465 e. The molecule has 0 saturated carbocycles. The Balaban J connectivity index is 1.94. The zero-order valence-corrected chi connectivity index (χ0v) is 20.8. The van der Waals surface area contributed by atoms with E-state index < -0.39 is 41.6 Å². The van der Waals surface area contributed by atoms with Gasteiger partial charge in [-0.2, -0.15) is 0 Å². The van der Waals surface area contributed by atoms with Crippen LogP contribution in [0, 0.1) is 11.8 Å². The lowest BCUT2D eigenvalue weighted by Gasteiger charge is -2.40. The molecular weight excluding hydrogens is 436 g/mol. The van der Waals surface area contributed by atoms with Crippen LogP contribution in [0.15, 0.2) is 25.3 Å². The minimum absolute atomic E-state index is 0.109. The molecule has 8 heteroatoms. The van der Waals surface area contributed by atoms with Crippen molar-refractivity contribution in [3.8, 4) is 0 Å². The van der Waals surface area contributed by atoms with Crippen LogP contribution in [-0.4, -0.2) is 82.3 Å². The Morgan fingerprint density at radius 2 is 2.06 bits per heavy atom. The second-order valence-corrected chi connectivity index (χ2v) is 9.87. The van der Waals surface area contributed by atoms with Crippen LogP contribution >= 0.6 is 0 Å². The van der Waals surface area contributed by atoms with Gasteiger partial charge in [0.1, 0.15) is 11.6 Å². The van der Waals surface area contributed by atoms with E-state index in [9.17, 15) is 19.5 Å². The summed E-state index contributed by atoms with van der Waals surface area (Å²) in [7, 11) is 0. The first-order valence-corrected chi connectivity index (χ1v) is 12.6. The summed E-state index contributed by atoms with van der Waals surface area (Å²) < 4.78 is 12.0. The lowest BCUT2D eigenvalue weighted by Crippen LogP contribution is -2.59. The van der Waals surface area contributed by atoms with E-state index in [2.05, 4.69) is 13.2 Å². The number of nitrogens with zero attached hydrogens (tertiary/aromatic N) is 2. The van der Waals surface area contributed by atoms with E-state index in [0.29, 0.717) is 25.8 Å². The third-order valence-corrected chi connectivity index (χ3v) is 7.60. The summed E-state index contributed by atoms with van der Waals surface area (Å²) in [5, 5.41) is 10.1. The molecule has 2 bridgehead atoms. The average Bonchev–Trinajstić information content (AvgIpc) is 3.45.